The Labute approximate surface area is 181 Å². The molecule has 3 aliphatic rings. The van der Waals surface area contributed by atoms with E-state index in [2.05, 4.69) is 28.0 Å². The van der Waals surface area contributed by atoms with Crippen LogP contribution in [0.5, 0.6) is 5.75 Å². The van der Waals surface area contributed by atoms with Gasteiger partial charge in [0.15, 0.2) is 0 Å². The summed E-state index contributed by atoms with van der Waals surface area (Å²) in [7, 11) is 1.87. The van der Waals surface area contributed by atoms with Crippen LogP contribution in [0.1, 0.15) is 24.3 Å². The molecule has 3 aliphatic heterocycles. The van der Waals surface area contributed by atoms with Crippen molar-refractivity contribution in [2.75, 3.05) is 49.6 Å². The van der Waals surface area contributed by atoms with Crippen molar-refractivity contribution in [3.05, 3.63) is 52.8 Å². The number of ether oxygens (including phenoxy) is 1. The minimum atomic E-state index is -0.360. The van der Waals surface area contributed by atoms with Crippen LogP contribution >= 0.6 is 11.6 Å². The normalized spacial score (nSPS) is 22.8. The van der Waals surface area contributed by atoms with Crippen LogP contribution < -0.4 is 14.5 Å². The van der Waals surface area contributed by atoms with E-state index in [9.17, 15) is 9.18 Å². The molecular weight excluding hydrogens is 405 g/mol. The fraction of sp³-hybridized carbons (Fsp3) is 0.435. The number of amides is 1. The molecule has 5 rings (SSSR count). The minimum Gasteiger partial charge on any atom is -0.492 e. The van der Waals surface area contributed by atoms with Gasteiger partial charge in [0.05, 0.1) is 29.5 Å². The highest BCUT2D eigenvalue weighted by Crippen LogP contribution is 2.50. The van der Waals surface area contributed by atoms with Crippen molar-refractivity contribution in [1.29, 1.82) is 0 Å². The predicted octanol–water partition coefficient (Wildman–Crippen LogP) is 3.90. The number of hydrogen-bond acceptors (Lipinski definition) is 4. The number of hydrogen-bond donors (Lipinski definition) is 0. The van der Waals surface area contributed by atoms with Crippen LogP contribution in [-0.4, -0.2) is 56.7 Å². The minimum absolute atomic E-state index is 0.166. The van der Waals surface area contributed by atoms with E-state index in [4.69, 9.17) is 16.3 Å². The highest BCUT2D eigenvalue weighted by molar-refractivity contribution is 6.32. The van der Waals surface area contributed by atoms with Crippen LogP contribution in [0.25, 0.3) is 0 Å². The first-order valence-corrected chi connectivity index (χ1v) is 10.9. The van der Waals surface area contributed by atoms with Crippen LogP contribution in [0.4, 0.5) is 15.8 Å². The molecule has 158 valence electrons. The molecule has 0 bridgehead atoms. The largest absolute Gasteiger partial charge is 0.492 e. The van der Waals surface area contributed by atoms with E-state index in [1.807, 2.05) is 7.05 Å². The van der Waals surface area contributed by atoms with Gasteiger partial charge in [-0.2, -0.15) is 0 Å². The van der Waals surface area contributed by atoms with Gasteiger partial charge < -0.3 is 19.4 Å². The topological polar surface area (TPSA) is 36.0 Å². The van der Waals surface area contributed by atoms with E-state index in [1.165, 1.54) is 23.4 Å². The first-order valence-electron chi connectivity index (χ1n) is 10.5. The lowest BCUT2D eigenvalue weighted by molar-refractivity contribution is -0.117. The number of anilines is 2. The van der Waals surface area contributed by atoms with Gasteiger partial charge in [0.2, 0.25) is 5.91 Å². The first-order chi connectivity index (χ1) is 14.5. The van der Waals surface area contributed by atoms with Crippen molar-refractivity contribution in [2.24, 2.45) is 0 Å². The van der Waals surface area contributed by atoms with Gasteiger partial charge in [-0.1, -0.05) is 23.7 Å². The number of carbonyl (C=O) groups excluding carboxylic acids is 1. The molecule has 5 nitrogen and oxygen atoms in total. The van der Waals surface area contributed by atoms with E-state index in [1.54, 1.807) is 11.0 Å². The molecule has 7 heteroatoms. The molecule has 0 aromatic heterocycles. The number of fused-ring (bicyclic) bond motifs is 3. The lowest BCUT2D eigenvalue weighted by Crippen LogP contribution is -2.51. The van der Waals surface area contributed by atoms with Gasteiger partial charge in [0, 0.05) is 38.6 Å². The molecular formula is C23H25ClFN3O2. The third-order valence-corrected chi connectivity index (χ3v) is 6.90. The van der Waals surface area contributed by atoms with Crippen molar-refractivity contribution in [3.63, 3.8) is 0 Å². The van der Waals surface area contributed by atoms with E-state index in [-0.39, 0.29) is 11.7 Å². The molecule has 3 heterocycles. The van der Waals surface area contributed by atoms with Gasteiger partial charge in [0.25, 0.3) is 0 Å². The Bertz CT molecular complexity index is 985. The molecule has 0 saturated carbocycles. The quantitative estimate of drug-likeness (QED) is 0.675. The van der Waals surface area contributed by atoms with E-state index >= 15 is 0 Å². The predicted molar refractivity (Wildman–Crippen MR) is 116 cm³/mol. The second-order valence-corrected chi connectivity index (χ2v) is 8.74. The average molecular weight is 430 g/mol. The molecule has 1 saturated heterocycles. The van der Waals surface area contributed by atoms with Crippen LogP contribution in [-0.2, 0) is 4.79 Å². The second-order valence-electron chi connectivity index (χ2n) is 8.34. The van der Waals surface area contributed by atoms with Gasteiger partial charge >= 0.3 is 0 Å². The van der Waals surface area contributed by atoms with Crippen molar-refractivity contribution in [2.45, 2.75) is 24.8 Å². The Morgan fingerprint density at radius 1 is 1.27 bits per heavy atom. The summed E-state index contributed by atoms with van der Waals surface area (Å²) in [6, 6.07) is 11.0. The van der Waals surface area contributed by atoms with Crippen LogP contribution in [0.2, 0.25) is 5.02 Å². The molecule has 2 atom stereocenters. The number of likely N-dealkylation sites (tertiary alicyclic amines) is 1. The van der Waals surface area contributed by atoms with E-state index in [0.717, 1.165) is 38.2 Å². The number of para-hydroxylation sites is 1. The number of carbonyl (C=O) groups is 1. The summed E-state index contributed by atoms with van der Waals surface area (Å²) in [6.45, 7) is 3.97. The summed E-state index contributed by atoms with van der Waals surface area (Å²) in [4.78, 5) is 19.1. The number of halogens is 2. The lowest BCUT2D eigenvalue weighted by atomic mass is 9.89. The molecule has 0 aliphatic carbocycles. The van der Waals surface area contributed by atoms with Crippen LogP contribution in [0.3, 0.4) is 0 Å². The number of likely N-dealkylation sites (N-methyl/N-ethyl adjacent to an activating group) is 1. The Morgan fingerprint density at radius 3 is 2.97 bits per heavy atom. The van der Waals surface area contributed by atoms with Crippen molar-refractivity contribution in [3.8, 4) is 5.75 Å². The number of nitrogens with zero attached hydrogens (tertiary/aromatic N) is 3. The van der Waals surface area contributed by atoms with Crippen LogP contribution in [0, 0.1) is 5.82 Å². The molecule has 0 spiro atoms. The Morgan fingerprint density at radius 2 is 2.13 bits per heavy atom. The maximum Gasteiger partial charge on any atom is 0.246 e. The highest BCUT2D eigenvalue weighted by Gasteiger charge is 2.46. The monoisotopic (exact) mass is 429 g/mol. The number of rotatable bonds is 5. The fourth-order valence-corrected chi connectivity index (χ4v) is 5.35. The van der Waals surface area contributed by atoms with E-state index < -0.39 is 0 Å². The number of benzene rings is 2. The standard InChI is InChI=1S/C23H25ClFN3O2/c1-26-20-5-2-4-16-17-13-27(10-8-19(17)28(23(16)20)14-22(26)29)9-3-11-30-21-7-6-15(25)12-18(21)24/h2,4-7,12,17,19H,3,8-11,13-14H2,1H3/t17-,19-/m0/s1. The van der Waals surface area contributed by atoms with Gasteiger partial charge in [0.1, 0.15) is 11.6 Å². The molecule has 2 aromatic rings. The lowest BCUT2D eigenvalue weighted by Gasteiger charge is -2.40. The Hall–Kier alpha value is -2.31. The molecule has 2 aromatic carbocycles. The van der Waals surface area contributed by atoms with E-state index in [0.29, 0.717) is 35.9 Å². The maximum atomic E-state index is 13.1. The van der Waals surface area contributed by atoms with Gasteiger partial charge in [-0.3, -0.25) is 4.79 Å². The summed E-state index contributed by atoms with van der Waals surface area (Å²) < 4.78 is 18.9. The van der Waals surface area contributed by atoms with Crippen molar-refractivity contribution >= 4 is 28.9 Å². The number of piperidine rings is 1. The molecule has 0 unspecified atom stereocenters. The maximum absolute atomic E-state index is 13.1. The summed E-state index contributed by atoms with van der Waals surface area (Å²) in [5, 5.41) is 0.305. The molecule has 1 amide bonds. The fourth-order valence-electron chi connectivity index (χ4n) is 5.13. The smallest absolute Gasteiger partial charge is 0.246 e. The van der Waals surface area contributed by atoms with Crippen molar-refractivity contribution in [1.82, 2.24) is 4.90 Å². The average Bonchev–Trinajstić information content (AvgIpc) is 3.05. The third-order valence-electron chi connectivity index (χ3n) is 6.60. The molecule has 0 N–H and O–H groups in total. The Balaban J connectivity index is 1.22. The SMILES string of the molecule is CN1C(=O)CN2c3c(cccc31)[C@@H]1CN(CCCOc3ccc(F)cc3Cl)CC[C@@H]12. The zero-order valence-corrected chi connectivity index (χ0v) is 17.7. The second kappa shape index (κ2) is 7.75. The van der Waals surface area contributed by atoms with Gasteiger partial charge in [-0.05, 0) is 42.7 Å². The van der Waals surface area contributed by atoms with Gasteiger partial charge in [-0.15, -0.1) is 0 Å². The Kier molecular flexibility index (Phi) is 5.07. The first kappa shape index (κ1) is 19.6. The molecule has 1 fully saturated rings. The van der Waals surface area contributed by atoms with Crippen molar-refractivity contribution < 1.29 is 13.9 Å². The summed E-state index contributed by atoms with van der Waals surface area (Å²) in [6.07, 6.45) is 1.93. The highest BCUT2D eigenvalue weighted by atomic mass is 35.5. The summed E-state index contributed by atoms with van der Waals surface area (Å²) in [5.74, 6) is 0.762. The van der Waals surface area contributed by atoms with Gasteiger partial charge in [-0.25, -0.2) is 4.39 Å². The molecule has 0 radical (unpaired) electrons. The zero-order valence-electron chi connectivity index (χ0n) is 17.0. The summed E-state index contributed by atoms with van der Waals surface area (Å²) in [5.41, 5.74) is 3.66. The zero-order chi connectivity index (χ0) is 20.8. The summed E-state index contributed by atoms with van der Waals surface area (Å²) >= 11 is 6.02. The molecule has 30 heavy (non-hydrogen) atoms. The van der Waals surface area contributed by atoms with Crippen LogP contribution in [0.15, 0.2) is 36.4 Å². The third kappa shape index (κ3) is 3.32.